The Labute approximate surface area is 209 Å². The fourth-order valence-corrected chi connectivity index (χ4v) is 5.19. The number of hydrogen-bond acceptors (Lipinski definition) is 6. The van der Waals surface area contributed by atoms with E-state index in [1.807, 2.05) is 20.8 Å². The minimum absolute atomic E-state index is 0.100. The van der Waals surface area contributed by atoms with E-state index in [1.165, 1.54) is 4.68 Å². The second kappa shape index (κ2) is 10.5. The summed E-state index contributed by atoms with van der Waals surface area (Å²) >= 11 is 12.5. The summed E-state index contributed by atoms with van der Waals surface area (Å²) in [5.41, 5.74) is 1.55. The Morgan fingerprint density at radius 2 is 1.71 bits per heavy atom. The lowest BCUT2D eigenvalue weighted by atomic mass is 9.87. The molecule has 0 aliphatic rings. The molecule has 3 rings (SSSR count). The van der Waals surface area contributed by atoms with Gasteiger partial charge in [0.15, 0.2) is 11.6 Å². The number of carbonyl (C=O) groups is 1. The van der Waals surface area contributed by atoms with Crippen molar-refractivity contribution in [3.8, 4) is 0 Å². The van der Waals surface area contributed by atoms with Crippen LogP contribution in [0.15, 0.2) is 47.4 Å². The normalized spacial score (nSPS) is 13.1. The molecule has 0 radical (unpaired) electrons. The third-order valence-corrected chi connectivity index (χ3v) is 7.63. The third kappa shape index (κ3) is 6.21. The van der Waals surface area contributed by atoms with Crippen molar-refractivity contribution < 1.29 is 13.2 Å². The van der Waals surface area contributed by atoms with Gasteiger partial charge in [-0.3, -0.25) is 4.79 Å². The van der Waals surface area contributed by atoms with Crippen molar-refractivity contribution in [3.63, 3.8) is 0 Å². The lowest BCUT2D eigenvalue weighted by Gasteiger charge is -2.20. The summed E-state index contributed by atoms with van der Waals surface area (Å²) in [7, 11) is -3.89. The number of nitrogens with one attached hydrogen (secondary N) is 1. The molecule has 0 bridgehead atoms. The number of sulfonamides is 1. The van der Waals surface area contributed by atoms with E-state index >= 15 is 0 Å². The molecule has 0 amide bonds. The molecule has 0 spiro atoms. The Balaban J connectivity index is 1.74. The van der Waals surface area contributed by atoms with Crippen molar-refractivity contribution in [1.82, 2.24) is 24.9 Å². The molecular formula is C23H27Cl2N5O3S. The Hall–Kier alpha value is -2.33. The maximum Gasteiger partial charge on any atom is 0.241 e. The van der Waals surface area contributed by atoms with Crippen LogP contribution in [0, 0.1) is 0 Å². The van der Waals surface area contributed by atoms with Crippen LogP contribution in [-0.2, 0) is 33.2 Å². The SMILES string of the molecule is CCC(NS(=O)(=O)c1ccc(C(C)(C)C)cc1)C(=O)Cn1nnnc1Cc1c(Cl)cccc1Cl. The number of Topliss-reactive ketones (excluding diaryl/α,β-unsaturated/α-hetero) is 1. The molecule has 1 N–H and O–H groups in total. The summed E-state index contributed by atoms with van der Waals surface area (Å²) in [4.78, 5) is 13.1. The molecular weight excluding hydrogens is 497 g/mol. The maximum atomic E-state index is 13.0. The van der Waals surface area contributed by atoms with Gasteiger partial charge >= 0.3 is 0 Å². The minimum Gasteiger partial charge on any atom is -0.296 e. The van der Waals surface area contributed by atoms with Crippen LogP contribution in [0.1, 0.15) is 51.1 Å². The first kappa shape index (κ1) is 26.3. The summed E-state index contributed by atoms with van der Waals surface area (Å²) < 4.78 is 29.7. The van der Waals surface area contributed by atoms with Crippen molar-refractivity contribution in [2.75, 3.05) is 0 Å². The van der Waals surface area contributed by atoms with Gasteiger partial charge in [-0.05, 0) is 57.7 Å². The summed E-state index contributed by atoms with van der Waals surface area (Å²) in [6, 6.07) is 10.9. The van der Waals surface area contributed by atoms with Gasteiger partial charge in [-0.25, -0.2) is 17.8 Å². The van der Waals surface area contributed by atoms with Crippen LogP contribution in [0.2, 0.25) is 10.0 Å². The van der Waals surface area contributed by atoms with E-state index in [1.54, 1.807) is 49.4 Å². The summed E-state index contributed by atoms with van der Waals surface area (Å²) in [6.45, 7) is 7.68. The summed E-state index contributed by atoms with van der Waals surface area (Å²) in [5, 5.41) is 12.4. The van der Waals surface area contributed by atoms with E-state index in [2.05, 4.69) is 20.2 Å². The predicted molar refractivity (Wildman–Crippen MR) is 132 cm³/mol. The van der Waals surface area contributed by atoms with E-state index < -0.39 is 16.1 Å². The Bertz CT molecular complexity index is 1250. The van der Waals surface area contributed by atoms with Gasteiger partial charge in [0.1, 0.15) is 6.54 Å². The first-order valence-electron chi connectivity index (χ1n) is 10.8. The Kier molecular flexibility index (Phi) is 8.13. The number of hydrogen-bond donors (Lipinski definition) is 1. The average molecular weight is 524 g/mol. The number of benzene rings is 2. The Morgan fingerprint density at radius 3 is 2.26 bits per heavy atom. The zero-order chi connectivity index (χ0) is 25.1. The smallest absolute Gasteiger partial charge is 0.241 e. The number of aromatic nitrogens is 4. The van der Waals surface area contributed by atoms with Crippen LogP contribution in [0.3, 0.4) is 0 Å². The standard InChI is InChI=1S/C23H27Cl2N5O3S/c1-5-20(27-34(32,33)16-11-9-15(10-12-16)23(2,3)4)21(31)14-30-22(26-28-29-30)13-17-18(24)7-6-8-19(17)25/h6-12,20,27H,5,13-14H2,1-4H3. The van der Waals surface area contributed by atoms with Crippen LogP contribution in [-0.4, -0.2) is 40.5 Å². The van der Waals surface area contributed by atoms with Crippen molar-refractivity contribution in [1.29, 1.82) is 0 Å². The number of tetrazole rings is 1. The van der Waals surface area contributed by atoms with Gasteiger partial charge in [-0.2, -0.15) is 0 Å². The van der Waals surface area contributed by atoms with Crippen LogP contribution in [0.4, 0.5) is 0 Å². The zero-order valence-electron chi connectivity index (χ0n) is 19.4. The molecule has 1 atom stereocenters. The van der Waals surface area contributed by atoms with Crippen molar-refractivity contribution in [2.24, 2.45) is 0 Å². The number of nitrogens with zero attached hydrogens (tertiary/aromatic N) is 4. The third-order valence-electron chi connectivity index (χ3n) is 5.43. The van der Waals surface area contributed by atoms with E-state index in [9.17, 15) is 13.2 Å². The maximum absolute atomic E-state index is 13.0. The molecule has 0 aliphatic carbocycles. The first-order valence-corrected chi connectivity index (χ1v) is 13.0. The Morgan fingerprint density at radius 1 is 1.09 bits per heavy atom. The van der Waals surface area contributed by atoms with Crippen LogP contribution in [0.25, 0.3) is 0 Å². The molecule has 0 saturated heterocycles. The van der Waals surface area contributed by atoms with Gasteiger partial charge in [0, 0.05) is 16.5 Å². The van der Waals surface area contributed by atoms with Crippen LogP contribution >= 0.6 is 23.2 Å². The fraction of sp³-hybridized carbons (Fsp3) is 0.391. The molecule has 182 valence electrons. The molecule has 1 unspecified atom stereocenters. The molecule has 1 aromatic heterocycles. The van der Waals surface area contributed by atoms with Gasteiger partial charge in [0.25, 0.3) is 0 Å². The van der Waals surface area contributed by atoms with E-state index in [4.69, 9.17) is 23.2 Å². The predicted octanol–water partition coefficient (Wildman–Crippen LogP) is 4.19. The van der Waals surface area contributed by atoms with Crippen molar-refractivity contribution in [2.45, 2.75) is 63.4 Å². The average Bonchev–Trinajstić information content (AvgIpc) is 3.20. The molecule has 2 aromatic carbocycles. The number of carbonyl (C=O) groups excluding carboxylic acids is 1. The van der Waals surface area contributed by atoms with Crippen molar-refractivity contribution in [3.05, 3.63) is 69.5 Å². The highest BCUT2D eigenvalue weighted by atomic mass is 35.5. The highest BCUT2D eigenvalue weighted by Crippen LogP contribution is 2.26. The van der Waals surface area contributed by atoms with E-state index in [0.29, 0.717) is 21.4 Å². The molecule has 3 aromatic rings. The summed E-state index contributed by atoms with van der Waals surface area (Å²) in [5.74, 6) is 0.0232. The van der Waals surface area contributed by atoms with Gasteiger partial charge in [0.2, 0.25) is 10.0 Å². The topological polar surface area (TPSA) is 107 Å². The number of halogens is 2. The lowest BCUT2D eigenvalue weighted by Crippen LogP contribution is -2.42. The lowest BCUT2D eigenvalue weighted by molar-refractivity contribution is -0.121. The van der Waals surface area contributed by atoms with Crippen LogP contribution in [0.5, 0.6) is 0 Å². The van der Waals surface area contributed by atoms with E-state index in [-0.39, 0.29) is 35.5 Å². The number of ketones is 1. The molecule has 0 saturated carbocycles. The number of rotatable bonds is 9. The minimum atomic E-state index is -3.89. The highest BCUT2D eigenvalue weighted by molar-refractivity contribution is 7.89. The quantitative estimate of drug-likeness (QED) is 0.450. The van der Waals surface area contributed by atoms with E-state index in [0.717, 1.165) is 5.56 Å². The molecule has 34 heavy (non-hydrogen) atoms. The second-order valence-electron chi connectivity index (χ2n) is 8.95. The largest absolute Gasteiger partial charge is 0.296 e. The molecule has 1 heterocycles. The van der Waals surface area contributed by atoms with Crippen molar-refractivity contribution >= 4 is 39.0 Å². The molecule has 0 fully saturated rings. The van der Waals surface area contributed by atoms with Gasteiger partial charge in [-0.1, -0.05) is 69.1 Å². The fourth-order valence-electron chi connectivity index (χ4n) is 3.36. The summed E-state index contributed by atoms with van der Waals surface area (Å²) in [6.07, 6.45) is 0.493. The second-order valence-corrected chi connectivity index (χ2v) is 11.5. The molecule has 11 heteroatoms. The highest BCUT2D eigenvalue weighted by Gasteiger charge is 2.26. The molecule has 8 nitrogen and oxygen atoms in total. The van der Waals surface area contributed by atoms with Gasteiger partial charge in [-0.15, -0.1) is 5.10 Å². The van der Waals surface area contributed by atoms with Gasteiger partial charge < -0.3 is 0 Å². The zero-order valence-corrected chi connectivity index (χ0v) is 21.7. The monoisotopic (exact) mass is 523 g/mol. The first-order chi connectivity index (χ1) is 15.9. The van der Waals surface area contributed by atoms with Gasteiger partial charge in [0.05, 0.1) is 10.9 Å². The van der Waals surface area contributed by atoms with Crippen LogP contribution < -0.4 is 4.72 Å². The molecule has 0 aliphatic heterocycles.